The minimum Gasteiger partial charge on any atom is -0.475 e. The highest BCUT2D eigenvalue weighted by atomic mass is 19.4. The fourth-order valence-electron chi connectivity index (χ4n) is 17.7. The molecule has 0 radical (unpaired) electrons. The zero-order valence-corrected chi connectivity index (χ0v) is 65.6. The van der Waals surface area contributed by atoms with Crippen molar-refractivity contribution in [2.24, 2.45) is 23.7 Å². The highest BCUT2D eigenvalue weighted by Gasteiger charge is 2.44. The average molecular weight is 1690 g/mol. The molecule has 34 heteroatoms. The first-order valence-electron chi connectivity index (χ1n) is 39.6. The van der Waals surface area contributed by atoms with Crippen LogP contribution in [0.3, 0.4) is 0 Å². The van der Waals surface area contributed by atoms with Crippen molar-refractivity contribution in [3.8, 4) is 63.2 Å². The summed E-state index contributed by atoms with van der Waals surface area (Å²) < 4.78 is 130. The lowest BCUT2D eigenvalue weighted by molar-refractivity contribution is -0.193. The number of hydrogen-bond donors (Lipinski definition) is 5. The average Bonchev–Trinajstić information content (AvgIpc) is 1.61. The monoisotopic (exact) mass is 1690 g/mol. The Labute approximate surface area is 697 Å². The summed E-state index contributed by atoms with van der Waals surface area (Å²) in [6.45, 7) is 5.82. The second kappa shape index (κ2) is 37.0. The number of aromatic nitrogens is 8. The first-order chi connectivity index (χ1) is 59.2. The summed E-state index contributed by atoms with van der Waals surface area (Å²) in [7, 11) is 0. The van der Waals surface area contributed by atoms with E-state index in [0.29, 0.717) is 79.7 Å². The summed E-state index contributed by atoms with van der Waals surface area (Å²) in [5.41, 5.74) is 14.8. The van der Waals surface area contributed by atoms with E-state index in [2.05, 4.69) is 72.4 Å². The first-order valence-corrected chi connectivity index (χ1v) is 39.6. The van der Waals surface area contributed by atoms with Crippen LogP contribution in [0.4, 0.5) is 64.9 Å². The number of halogens is 10. The van der Waals surface area contributed by atoms with E-state index < -0.39 is 24.3 Å². The number of piperidine rings is 4. The molecule has 123 heavy (non-hydrogen) atoms. The minimum atomic E-state index is -5.08. The van der Waals surface area contributed by atoms with Gasteiger partial charge in [0.15, 0.2) is 0 Å². The van der Waals surface area contributed by atoms with Gasteiger partial charge in [0.25, 0.3) is 0 Å². The molecule has 4 saturated heterocycles. The summed E-state index contributed by atoms with van der Waals surface area (Å²) in [6, 6.07) is 47.6. The third-order valence-corrected chi connectivity index (χ3v) is 23.5. The van der Waals surface area contributed by atoms with Gasteiger partial charge in [-0.05, 0) is 179 Å². The van der Waals surface area contributed by atoms with Gasteiger partial charge in [0, 0.05) is 95.2 Å². The van der Waals surface area contributed by atoms with E-state index in [4.69, 9.17) is 35.6 Å². The molecule has 4 aromatic heterocycles. The van der Waals surface area contributed by atoms with Gasteiger partial charge in [-0.3, -0.25) is 4.79 Å². The van der Waals surface area contributed by atoms with Gasteiger partial charge >= 0.3 is 36.4 Å². The number of nitrogens with one attached hydrogen (secondary N) is 3. The summed E-state index contributed by atoms with van der Waals surface area (Å²) >= 11 is 0. The highest BCUT2D eigenvalue weighted by molar-refractivity contribution is 5.90. The van der Waals surface area contributed by atoms with Crippen LogP contribution in [0.2, 0.25) is 0 Å². The van der Waals surface area contributed by atoms with Crippen molar-refractivity contribution >= 4 is 41.3 Å². The lowest BCUT2D eigenvalue weighted by Gasteiger charge is -2.36. The molecule has 5 amide bonds. The molecule has 4 atom stereocenters. The predicted molar refractivity (Wildman–Crippen MR) is 429 cm³/mol. The van der Waals surface area contributed by atoms with E-state index in [0.717, 1.165) is 137 Å². The Hall–Kier alpha value is -13.9. The van der Waals surface area contributed by atoms with E-state index >= 15 is 0 Å². The SMILES string of the molecule is Fc1cccc2c1C(C1CCNCC1)n1cncc1-2.N#Cc1ccc(CC(=O)N2CCC(C3c4c(F)cccc4-c4cncn43)CC2)cc1.N#Cc1ccc(NC(=O)N2CCC(C3c4c(F)cccc4-c4cncn43)CC2)cc1.N#Cc1ccc(NC(=O)N2CCC(C3c4c(F)cccc4-c4cncn43)CC2)cc1.O=C(O)C(F)(F)F.O=C(O)C(F)(F)F. The van der Waals surface area contributed by atoms with Gasteiger partial charge in [-0.1, -0.05) is 60.7 Å². The number of carboxylic acids is 2. The number of likely N-dealkylation sites (tertiary alicyclic amines) is 3. The van der Waals surface area contributed by atoms with E-state index in [1.807, 2.05) is 53.8 Å². The number of anilines is 2. The van der Waals surface area contributed by atoms with Crippen molar-refractivity contribution in [1.82, 2.24) is 58.2 Å². The number of rotatable bonds is 8. The van der Waals surface area contributed by atoms with E-state index in [1.165, 1.54) is 18.2 Å². The van der Waals surface area contributed by atoms with Gasteiger partial charge in [0.2, 0.25) is 5.91 Å². The number of urea groups is 2. The molecule has 19 rings (SSSR count). The number of aliphatic carboxylic acids is 2. The maximum absolute atomic E-state index is 14.7. The van der Waals surface area contributed by atoms with Crippen molar-refractivity contribution in [2.45, 2.75) is 94.3 Å². The Morgan fingerprint density at radius 2 is 0.650 bits per heavy atom. The number of carbonyl (C=O) groups excluding carboxylic acids is 3. The van der Waals surface area contributed by atoms with Crippen LogP contribution >= 0.6 is 0 Å². The Morgan fingerprint density at radius 1 is 0.390 bits per heavy atom. The number of amides is 5. The number of carboxylic acid groups (broad SMARTS) is 2. The van der Waals surface area contributed by atoms with Gasteiger partial charge in [0.1, 0.15) is 23.3 Å². The lowest BCUT2D eigenvalue weighted by Crippen LogP contribution is -2.42. The van der Waals surface area contributed by atoms with Crippen molar-refractivity contribution in [1.29, 1.82) is 15.8 Å². The standard InChI is InChI=1S/C24H21FN4O.2C23H20FN5O.C15H16FN3.2C2HF3O2/c25-20-3-1-2-19-21-14-27-15-29(21)24(23(19)20)18-8-10-28(11-9-18)22(30)12-16-4-6-17(13-26)7-5-16;2*24-19-3-1-2-18-20-13-26-14-29(20)22(21(18)19)16-8-10-28(11-9-16)23(30)27-17-6-4-15(12-25)5-7-17;16-12-3-1-2-11-13-8-18-9-19(13)15(14(11)12)10-4-6-17-7-5-10;2*3-2(4,5)1(6)7/h1-7,14-15,18,24H,8-12H2;2*1-7,13-14,16,22H,8-11H2,(H,27,30);1-3,8-10,15,17H,4-7H2;2*(H,6,7). The zero-order valence-electron chi connectivity index (χ0n) is 65.6. The number of benzene rings is 7. The van der Waals surface area contributed by atoms with Crippen LogP contribution in [-0.4, -0.2) is 158 Å². The molecule has 11 aromatic rings. The normalized spacial score (nSPS) is 17.8. The summed E-state index contributed by atoms with van der Waals surface area (Å²) in [5.74, 6) is -4.80. The molecule has 8 aliphatic rings. The molecule has 5 N–H and O–H groups in total. The number of nitrogens with zero attached hydrogens (tertiary/aromatic N) is 14. The van der Waals surface area contributed by atoms with Crippen LogP contribution in [0.15, 0.2) is 196 Å². The zero-order chi connectivity index (χ0) is 87.0. The van der Waals surface area contributed by atoms with Gasteiger partial charge in [0.05, 0.1) is 138 Å². The smallest absolute Gasteiger partial charge is 0.475 e. The second-order valence-electron chi connectivity index (χ2n) is 30.6. The van der Waals surface area contributed by atoms with Crippen LogP contribution < -0.4 is 16.0 Å². The Balaban J connectivity index is 0.000000128. The maximum atomic E-state index is 14.7. The molecular formula is C89H79F10N17O7. The van der Waals surface area contributed by atoms with Gasteiger partial charge in [-0.15, -0.1) is 0 Å². The lowest BCUT2D eigenvalue weighted by atomic mass is 9.85. The maximum Gasteiger partial charge on any atom is 0.490 e. The van der Waals surface area contributed by atoms with Crippen LogP contribution in [0, 0.1) is 80.9 Å². The Kier molecular flexibility index (Phi) is 25.7. The molecule has 4 unspecified atom stereocenters. The van der Waals surface area contributed by atoms with Crippen molar-refractivity contribution < 1.29 is 78.1 Å². The van der Waals surface area contributed by atoms with Crippen LogP contribution in [0.1, 0.15) is 120 Å². The quantitative estimate of drug-likeness (QED) is 0.0883. The molecule has 7 aromatic carbocycles. The number of nitriles is 3. The van der Waals surface area contributed by atoms with Crippen LogP contribution in [0.25, 0.3) is 45.0 Å². The molecule has 632 valence electrons. The molecule has 0 aliphatic carbocycles. The minimum absolute atomic E-state index is 0.0607. The molecule has 0 bridgehead atoms. The molecular weight excluding hydrogens is 1610 g/mol. The Bertz CT molecular complexity index is 5360. The second-order valence-corrected chi connectivity index (χ2v) is 30.6. The Morgan fingerprint density at radius 3 is 0.919 bits per heavy atom. The van der Waals surface area contributed by atoms with Crippen LogP contribution in [0.5, 0.6) is 0 Å². The van der Waals surface area contributed by atoms with Gasteiger partial charge in [-0.2, -0.15) is 42.1 Å². The molecule has 4 fully saturated rings. The molecule has 0 spiro atoms. The molecule has 12 heterocycles. The number of alkyl halides is 6. The fourth-order valence-corrected chi connectivity index (χ4v) is 17.7. The largest absolute Gasteiger partial charge is 0.490 e. The van der Waals surface area contributed by atoms with Crippen molar-refractivity contribution in [2.75, 3.05) is 63.0 Å². The number of carbonyl (C=O) groups is 5. The highest BCUT2D eigenvalue weighted by Crippen LogP contribution is 2.51. The van der Waals surface area contributed by atoms with Gasteiger partial charge in [-0.25, -0.2) is 56.7 Å². The molecule has 0 saturated carbocycles. The van der Waals surface area contributed by atoms with Gasteiger partial charge < -0.3 is 59.1 Å². The van der Waals surface area contributed by atoms with Crippen LogP contribution in [-0.2, 0) is 20.8 Å². The van der Waals surface area contributed by atoms with Crippen molar-refractivity contribution in [3.05, 3.63) is 263 Å². The van der Waals surface area contributed by atoms with E-state index in [-0.39, 0.29) is 83.2 Å². The third-order valence-electron chi connectivity index (χ3n) is 23.5. The molecule has 24 nitrogen and oxygen atoms in total. The summed E-state index contributed by atoms with van der Waals surface area (Å²) in [6.07, 6.45) is 11.6. The third kappa shape index (κ3) is 18.5. The first kappa shape index (κ1) is 85.5. The van der Waals surface area contributed by atoms with Crippen molar-refractivity contribution in [3.63, 3.8) is 0 Å². The fraction of sp³-hybridized carbons (Fsp3) is 0.303. The van der Waals surface area contributed by atoms with E-state index in [9.17, 15) is 58.3 Å². The topological polar surface area (TPSA) is 314 Å². The number of hydrogen-bond acceptors (Lipinski definition) is 13. The predicted octanol–water partition coefficient (Wildman–Crippen LogP) is 16.6. The summed E-state index contributed by atoms with van der Waals surface area (Å²) in [5, 5.41) is 50.1. The van der Waals surface area contributed by atoms with E-state index in [1.54, 1.807) is 138 Å². The molecule has 8 aliphatic heterocycles. The number of imidazole rings is 4. The summed E-state index contributed by atoms with van der Waals surface area (Å²) in [4.78, 5) is 78.3. The number of fused-ring (bicyclic) bond motifs is 12.